The second kappa shape index (κ2) is 9.54. The summed E-state index contributed by atoms with van der Waals surface area (Å²) in [5.74, 6) is -0.504. The van der Waals surface area contributed by atoms with E-state index in [2.05, 4.69) is 52.4 Å². The maximum absolute atomic E-state index is 12.3. The van der Waals surface area contributed by atoms with E-state index in [0.717, 1.165) is 20.7 Å². The lowest BCUT2D eigenvalue weighted by Crippen LogP contribution is -2.39. The van der Waals surface area contributed by atoms with Gasteiger partial charge in [0.1, 0.15) is 6.54 Å². The highest BCUT2D eigenvalue weighted by molar-refractivity contribution is 9.10. The van der Waals surface area contributed by atoms with Crippen LogP contribution in [0.1, 0.15) is 32.8 Å². The molecule has 8 heteroatoms. The predicted molar refractivity (Wildman–Crippen MR) is 122 cm³/mol. The molecule has 29 heavy (non-hydrogen) atoms. The van der Waals surface area contributed by atoms with Crippen LogP contribution in [0.3, 0.4) is 0 Å². The number of carbonyl (C=O) groups is 1. The number of amides is 1. The summed E-state index contributed by atoms with van der Waals surface area (Å²) >= 11 is 3.31. The molecular formula is C21H26BrN3O3S. The predicted octanol–water partition coefficient (Wildman–Crippen LogP) is 4.08. The Morgan fingerprint density at radius 2 is 1.69 bits per heavy atom. The van der Waals surface area contributed by atoms with Crippen molar-refractivity contribution in [2.24, 2.45) is 5.10 Å². The molecule has 1 N–H and O–H groups in total. The third kappa shape index (κ3) is 6.97. The van der Waals surface area contributed by atoms with E-state index in [1.165, 1.54) is 5.56 Å². The van der Waals surface area contributed by atoms with Gasteiger partial charge in [-0.05, 0) is 48.6 Å². The average Bonchev–Trinajstić information content (AvgIpc) is 2.65. The lowest BCUT2D eigenvalue weighted by Gasteiger charge is -2.25. The summed E-state index contributed by atoms with van der Waals surface area (Å²) in [4.78, 5) is 12.3. The fraction of sp³-hybridized carbons (Fsp3) is 0.333. The Morgan fingerprint density at radius 1 is 1.10 bits per heavy atom. The summed E-state index contributed by atoms with van der Waals surface area (Å²) in [7, 11) is -3.62. The van der Waals surface area contributed by atoms with Crippen LogP contribution >= 0.6 is 15.9 Å². The van der Waals surface area contributed by atoms with Gasteiger partial charge in [0, 0.05) is 10.2 Å². The Labute approximate surface area is 181 Å². The zero-order chi connectivity index (χ0) is 21.7. The fourth-order valence-electron chi connectivity index (χ4n) is 3.00. The molecule has 2 rings (SSSR count). The van der Waals surface area contributed by atoms with Crippen LogP contribution in [0.25, 0.3) is 0 Å². The first-order valence-electron chi connectivity index (χ1n) is 9.10. The van der Waals surface area contributed by atoms with Crippen LogP contribution < -0.4 is 9.73 Å². The van der Waals surface area contributed by atoms with Crippen molar-refractivity contribution in [1.82, 2.24) is 5.43 Å². The fourth-order valence-corrected chi connectivity index (χ4v) is 4.12. The second-order valence-electron chi connectivity index (χ2n) is 7.55. The van der Waals surface area contributed by atoms with E-state index < -0.39 is 15.9 Å². The van der Waals surface area contributed by atoms with Gasteiger partial charge in [0.05, 0.1) is 11.9 Å². The normalized spacial score (nSPS) is 12.5. The molecule has 0 aliphatic rings. The van der Waals surface area contributed by atoms with Gasteiger partial charge in [-0.1, -0.05) is 60.1 Å². The van der Waals surface area contributed by atoms with Gasteiger partial charge in [0.15, 0.2) is 0 Å². The SMILES string of the molecule is C/C(CC(C)(C)c1ccccc1)=N/NC(=O)CN(c1ccc(Br)cc1)S(C)(=O)=O. The number of nitrogens with zero attached hydrogens (tertiary/aromatic N) is 2. The minimum atomic E-state index is -3.62. The van der Waals surface area contributed by atoms with Gasteiger partial charge in [0.2, 0.25) is 10.0 Å². The molecule has 0 saturated carbocycles. The minimum Gasteiger partial charge on any atom is -0.271 e. The molecule has 156 valence electrons. The first-order chi connectivity index (χ1) is 13.5. The number of halogens is 1. The summed E-state index contributed by atoms with van der Waals surface area (Å²) in [6.45, 7) is 5.72. The lowest BCUT2D eigenvalue weighted by atomic mass is 9.80. The van der Waals surface area contributed by atoms with Gasteiger partial charge in [-0.15, -0.1) is 0 Å². The van der Waals surface area contributed by atoms with Crippen LogP contribution in [0, 0.1) is 0 Å². The molecule has 0 atom stereocenters. The van der Waals surface area contributed by atoms with E-state index in [1.54, 1.807) is 24.3 Å². The standard InChI is InChI=1S/C21H26BrN3O3S/c1-16(14-21(2,3)17-8-6-5-7-9-17)23-24-20(26)15-25(29(4,27)28)19-12-10-18(22)11-13-19/h5-13H,14-15H2,1-4H3,(H,24,26)/b23-16-. The van der Waals surface area contributed by atoms with Crippen molar-refractivity contribution in [2.45, 2.75) is 32.6 Å². The zero-order valence-corrected chi connectivity index (χ0v) is 19.4. The Kier molecular flexibility index (Phi) is 7.60. The van der Waals surface area contributed by atoms with E-state index >= 15 is 0 Å². The van der Waals surface area contributed by atoms with Crippen molar-refractivity contribution >= 4 is 43.3 Å². The smallest absolute Gasteiger partial charge is 0.260 e. The van der Waals surface area contributed by atoms with Gasteiger partial charge in [-0.3, -0.25) is 9.10 Å². The van der Waals surface area contributed by atoms with Crippen molar-refractivity contribution in [1.29, 1.82) is 0 Å². The molecule has 0 unspecified atom stereocenters. The summed E-state index contributed by atoms with van der Waals surface area (Å²) in [6.07, 6.45) is 1.72. The molecule has 2 aromatic carbocycles. The maximum Gasteiger partial charge on any atom is 0.260 e. The molecule has 0 fully saturated rings. The van der Waals surface area contributed by atoms with Crippen molar-refractivity contribution < 1.29 is 13.2 Å². The topological polar surface area (TPSA) is 78.8 Å². The maximum atomic E-state index is 12.3. The summed E-state index contributed by atoms with van der Waals surface area (Å²) < 4.78 is 26.1. The van der Waals surface area contributed by atoms with Crippen LogP contribution in [0.5, 0.6) is 0 Å². The van der Waals surface area contributed by atoms with Crippen molar-refractivity contribution in [3.8, 4) is 0 Å². The summed E-state index contributed by atoms with van der Waals surface area (Å²) in [5.41, 5.74) is 4.68. The number of hydrogen-bond acceptors (Lipinski definition) is 4. The highest BCUT2D eigenvalue weighted by Crippen LogP contribution is 2.27. The highest BCUT2D eigenvalue weighted by Gasteiger charge is 2.23. The number of nitrogens with one attached hydrogen (secondary N) is 1. The Morgan fingerprint density at radius 3 is 2.24 bits per heavy atom. The molecular weight excluding hydrogens is 454 g/mol. The van der Waals surface area contributed by atoms with Gasteiger partial charge in [0.25, 0.3) is 5.91 Å². The number of sulfonamides is 1. The first-order valence-corrected chi connectivity index (χ1v) is 11.7. The second-order valence-corrected chi connectivity index (χ2v) is 10.4. The highest BCUT2D eigenvalue weighted by atomic mass is 79.9. The van der Waals surface area contributed by atoms with E-state index in [-0.39, 0.29) is 12.0 Å². The number of anilines is 1. The molecule has 0 aliphatic heterocycles. The number of rotatable bonds is 8. The number of hydrazone groups is 1. The Balaban J connectivity index is 2.05. The van der Waals surface area contributed by atoms with Gasteiger partial charge in [-0.2, -0.15) is 5.10 Å². The zero-order valence-electron chi connectivity index (χ0n) is 17.0. The van der Waals surface area contributed by atoms with E-state index in [1.807, 2.05) is 25.1 Å². The summed E-state index contributed by atoms with van der Waals surface area (Å²) in [5, 5.41) is 4.17. The van der Waals surface area contributed by atoms with E-state index in [0.29, 0.717) is 12.1 Å². The van der Waals surface area contributed by atoms with Crippen molar-refractivity contribution in [3.63, 3.8) is 0 Å². The monoisotopic (exact) mass is 479 g/mol. The molecule has 2 aromatic rings. The Bertz CT molecular complexity index is 972. The van der Waals surface area contributed by atoms with Crippen LogP contribution in [-0.4, -0.2) is 32.8 Å². The van der Waals surface area contributed by atoms with Gasteiger partial charge >= 0.3 is 0 Å². The number of benzene rings is 2. The molecule has 6 nitrogen and oxygen atoms in total. The summed E-state index contributed by atoms with van der Waals surface area (Å²) in [6, 6.07) is 16.8. The van der Waals surface area contributed by atoms with Crippen LogP contribution in [0.15, 0.2) is 64.2 Å². The third-order valence-corrected chi connectivity index (χ3v) is 6.10. The van der Waals surface area contributed by atoms with E-state index in [4.69, 9.17) is 0 Å². The molecule has 1 amide bonds. The van der Waals surface area contributed by atoms with Gasteiger partial charge < -0.3 is 0 Å². The minimum absolute atomic E-state index is 0.143. The molecule has 0 aromatic heterocycles. The average molecular weight is 480 g/mol. The van der Waals surface area contributed by atoms with Crippen LogP contribution in [-0.2, 0) is 20.2 Å². The van der Waals surface area contributed by atoms with Crippen molar-refractivity contribution in [2.75, 3.05) is 17.1 Å². The molecule has 0 aliphatic carbocycles. The molecule has 0 saturated heterocycles. The largest absolute Gasteiger partial charge is 0.271 e. The lowest BCUT2D eigenvalue weighted by molar-refractivity contribution is -0.119. The number of carbonyl (C=O) groups excluding carboxylic acids is 1. The molecule has 0 radical (unpaired) electrons. The molecule has 0 spiro atoms. The molecule has 0 bridgehead atoms. The van der Waals surface area contributed by atoms with Gasteiger partial charge in [-0.25, -0.2) is 13.8 Å². The van der Waals surface area contributed by atoms with E-state index in [9.17, 15) is 13.2 Å². The van der Waals surface area contributed by atoms with Crippen LogP contribution in [0.2, 0.25) is 0 Å². The Hall–Kier alpha value is -2.19. The van der Waals surface area contributed by atoms with Crippen molar-refractivity contribution in [3.05, 3.63) is 64.6 Å². The van der Waals surface area contributed by atoms with Crippen LogP contribution in [0.4, 0.5) is 5.69 Å². The first kappa shape index (κ1) is 23.1. The quantitative estimate of drug-likeness (QED) is 0.457. The third-order valence-electron chi connectivity index (χ3n) is 4.43. The number of hydrogen-bond donors (Lipinski definition) is 1. The molecule has 0 heterocycles.